The molecule has 0 radical (unpaired) electrons. The summed E-state index contributed by atoms with van der Waals surface area (Å²) in [6.45, 7) is 0.716. The summed E-state index contributed by atoms with van der Waals surface area (Å²) in [5.41, 5.74) is 3.65. The number of fused-ring (bicyclic) bond motifs is 1. The van der Waals surface area contributed by atoms with Gasteiger partial charge in [0.2, 0.25) is 0 Å². The molecule has 0 spiro atoms. The Bertz CT molecular complexity index is 613. The van der Waals surface area contributed by atoms with Crippen molar-refractivity contribution in [2.75, 3.05) is 12.4 Å². The molecule has 0 aliphatic heterocycles. The minimum absolute atomic E-state index is 0.716. The van der Waals surface area contributed by atoms with Crippen LogP contribution >= 0.6 is 0 Å². The third-order valence-corrected chi connectivity index (χ3v) is 4.01. The van der Waals surface area contributed by atoms with E-state index in [0.29, 0.717) is 6.54 Å². The summed E-state index contributed by atoms with van der Waals surface area (Å²) in [5.74, 6) is 1.89. The first-order valence-electron chi connectivity index (χ1n) is 7.57. The third-order valence-electron chi connectivity index (χ3n) is 4.01. The first kappa shape index (κ1) is 13.9. The maximum Gasteiger partial charge on any atom is 0.133 e. The van der Waals surface area contributed by atoms with Gasteiger partial charge >= 0.3 is 0 Å². The van der Waals surface area contributed by atoms with E-state index in [4.69, 9.17) is 4.74 Å². The number of hydrogen-bond acceptors (Lipinski definition) is 4. The average molecular weight is 283 g/mol. The fourth-order valence-corrected chi connectivity index (χ4v) is 2.88. The number of methoxy groups -OCH3 is 1. The molecule has 0 amide bonds. The highest BCUT2D eigenvalue weighted by atomic mass is 16.5. The predicted octanol–water partition coefficient (Wildman–Crippen LogP) is 3.37. The van der Waals surface area contributed by atoms with E-state index in [-0.39, 0.29) is 0 Å². The molecule has 1 heterocycles. The highest BCUT2D eigenvalue weighted by molar-refractivity contribution is 5.48. The highest BCUT2D eigenvalue weighted by Gasteiger charge is 2.14. The Hall–Kier alpha value is -2.10. The van der Waals surface area contributed by atoms with E-state index in [0.717, 1.165) is 30.0 Å². The molecule has 1 aliphatic carbocycles. The molecule has 110 valence electrons. The lowest BCUT2D eigenvalue weighted by Gasteiger charge is -2.14. The van der Waals surface area contributed by atoms with Gasteiger partial charge in [0.15, 0.2) is 0 Å². The molecule has 0 bridgehead atoms. The monoisotopic (exact) mass is 283 g/mol. The van der Waals surface area contributed by atoms with Crippen molar-refractivity contribution in [3.8, 4) is 5.75 Å². The van der Waals surface area contributed by atoms with Crippen LogP contribution in [0.1, 0.15) is 36.1 Å². The molecule has 1 aromatic heterocycles. The number of nitrogens with one attached hydrogen (secondary N) is 1. The van der Waals surface area contributed by atoms with Crippen LogP contribution in [0.2, 0.25) is 0 Å². The lowest BCUT2D eigenvalue weighted by atomic mass is 10.1. The van der Waals surface area contributed by atoms with Crippen LogP contribution in [0.15, 0.2) is 30.6 Å². The Morgan fingerprint density at radius 3 is 2.86 bits per heavy atom. The van der Waals surface area contributed by atoms with E-state index in [9.17, 15) is 0 Å². The maximum absolute atomic E-state index is 5.39. The van der Waals surface area contributed by atoms with Crippen molar-refractivity contribution in [3.63, 3.8) is 0 Å². The van der Waals surface area contributed by atoms with Crippen molar-refractivity contribution in [2.24, 2.45) is 0 Å². The molecule has 0 saturated carbocycles. The van der Waals surface area contributed by atoms with Crippen molar-refractivity contribution in [3.05, 3.63) is 47.4 Å². The summed E-state index contributed by atoms with van der Waals surface area (Å²) in [7, 11) is 1.70. The van der Waals surface area contributed by atoms with Gasteiger partial charge in [-0.25, -0.2) is 9.97 Å². The highest BCUT2D eigenvalue weighted by Crippen LogP contribution is 2.25. The fraction of sp³-hybridized carbons (Fsp3) is 0.412. The summed E-state index contributed by atoms with van der Waals surface area (Å²) >= 11 is 0. The minimum Gasteiger partial charge on any atom is -0.496 e. The molecular weight excluding hydrogens is 262 g/mol. The number of aromatic nitrogens is 2. The second-order valence-electron chi connectivity index (χ2n) is 5.37. The zero-order valence-electron chi connectivity index (χ0n) is 12.4. The summed E-state index contributed by atoms with van der Waals surface area (Å²) in [6, 6.07) is 8.07. The molecule has 4 heteroatoms. The largest absolute Gasteiger partial charge is 0.496 e. The van der Waals surface area contributed by atoms with E-state index >= 15 is 0 Å². The van der Waals surface area contributed by atoms with Gasteiger partial charge in [0.05, 0.1) is 7.11 Å². The zero-order chi connectivity index (χ0) is 14.5. The first-order valence-corrected chi connectivity index (χ1v) is 7.57. The van der Waals surface area contributed by atoms with Gasteiger partial charge in [-0.15, -0.1) is 0 Å². The lowest BCUT2D eigenvalue weighted by Crippen LogP contribution is -2.08. The van der Waals surface area contributed by atoms with Crippen molar-refractivity contribution in [2.45, 2.75) is 38.6 Å². The maximum atomic E-state index is 5.39. The number of ether oxygens (including phenoxy) is 1. The van der Waals surface area contributed by atoms with Gasteiger partial charge in [0.1, 0.15) is 17.9 Å². The number of rotatable bonds is 4. The SMILES string of the molecule is COc1ccccc1CNc1ncnc2c1CCCCC2. The van der Waals surface area contributed by atoms with E-state index < -0.39 is 0 Å². The van der Waals surface area contributed by atoms with Gasteiger partial charge < -0.3 is 10.1 Å². The zero-order valence-corrected chi connectivity index (χ0v) is 12.4. The summed E-state index contributed by atoms with van der Waals surface area (Å²) in [5, 5.41) is 3.46. The standard InChI is InChI=1S/C17H21N3O/c1-21-16-10-6-5-7-13(16)11-18-17-14-8-3-2-4-9-15(14)19-12-20-17/h5-7,10,12H,2-4,8-9,11H2,1H3,(H,18,19,20). The molecule has 3 rings (SSSR count). The van der Waals surface area contributed by atoms with Gasteiger partial charge in [-0.05, 0) is 31.7 Å². The molecule has 21 heavy (non-hydrogen) atoms. The van der Waals surface area contributed by atoms with Crippen LogP contribution in [-0.2, 0) is 19.4 Å². The Labute approximate surface area is 125 Å². The molecule has 1 N–H and O–H groups in total. The summed E-state index contributed by atoms with van der Waals surface area (Å²) < 4.78 is 5.39. The fourth-order valence-electron chi connectivity index (χ4n) is 2.88. The van der Waals surface area contributed by atoms with Crippen molar-refractivity contribution in [1.29, 1.82) is 0 Å². The van der Waals surface area contributed by atoms with Crippen LogP contribution in [0, 0.1) is 0 Å². The van der Waals surface area contributed by atoms with Gasteiger partial charge in [-0.1, -0.05) is 24.6 Å². The minimum atomic E-state index is 0.716. The molecule has 0 saturated heterocycles. The van der Waals surface area contributed by atoms with Crippen LogP contribution < -0.4 is 10.1 Å². The molecular formula is C17H21N3O. The van der Waals surface area contributed by atoms with Gasteiger partial charge in [0.25, 0.3) is 0 Å². The van der Waals surface area contributed by atoms with Crippen LogP contribution in [0.25, 0.3) is 0 Å². The van der Waals surface area contributed by atoms with Crippen molar-refractivity contribution < 1.29 is 4.74 Å². The van der Waals surface area contributed by atoms with Gasteiger partial charge in [0, 0.05) is 23.4 Å². The molecule has 0 atom stereocenters. The Balaban J connectivity index is 1.79. The lowest BCUT2D eigenvalue weighted by molar-refractivity contribution is 0.410. The third kappa shape index (κ3) is 3.15. The number of anilines is 1. The van der Waals surface area contributed by atoms with Crippen LogP contribution in [0.4, 0.5) is 5.82 Å². The Morgan fingerprint density at radius 2 is 1.95 bits per heavy atom. The number of para-hydroxylation sites is 1. The number of hydrogen-bond donors (Lipinski definition) is 1. The first-order chi connectivity index (χ1) is 10.4. The topological polar surface area (TPSA) is 47.0 Å². The normalized spacial score (nSPS) is 14.1. The van der Waals surface area contributed by atoms with E-state index in [1.807, 2.05) is 18.2 Å². The summed E-state index contributed by atoms with van der Waals surface area (Å²) in [4.78, 5) is 8.89. The van der Waals surface area contributed by atoms with Crippen molar-refractivity contribution >= 4 is 5.82 Å². The molecule has 2 aromatic rings. The molecule has 1 aliphatic rings. The Morgan fingerprint density at radius 1 is 1.10 bits per heavy atom. The average Bonchev–Trinajstić information content (AvgIpc) is 2.79. The van der Waals surface area contributed by atoms with Crippen LogP contribution in [0.5, 0.6) is 5.75 Å². The Kier molecular flexibility index (Phi) is 4.34. The molecule has 0 unspecified atom stereocenters. The smallest absolute Gasteiger partial charge is 0.133 e. The van der Waals surface area contributed by atoms with Gasteiger partial charge in [-0.3, -0.25) is 0 Å². The molecule has 1 aromatic carbocycles. The number of aryl methyl sites for hydroxylation is 1. The number of benzene rings is 1. The second-order valence-corrected chi connectivity index (χ2v) is 5.37. The quantitative estimate of drug-likeness (QED) is 0.874. The van der Waals surface area contributed by atoms with Crippen LogP contribution in [-0.4, -0.2) is 17.1 Å². The van der Waals surface area contributed by atoms with E-state index in [1.54, 1.807) is 13.4 Å². The molecule has 0 fully saturated rings. The van der Waals surface area contributed by atoms with Gasteiger partial charge in [-0.2, -0.15) is 0 Å². The molecule has 4 nitrogen and oxygen atoms in total. The predicted molar refractivity (Wildman–Crippen MR) is 83.6 cm³/mol. The van der Waals surface area contributed by atoms with E-state index in [1.165, 1.54) is 30.5 Å². The second kappa shape index (κ2) is 6.57. The summed E-state index contributed by atoms with van der Waals surface area (Å²) in [6.07, 6.45) is 7.56. The number of nitrogens with zero attached hydrogens (tertiary/aromatic N) is 2. The van der Waals surface area contributed by atoms with Crippen LogP contribution in [0.3, 0.4) is 0 Å². The van der Waals surface area contributed by atoms with E-state index in [2.05, 4.69) is 21.4 Å². The van der Waals surface area contributed by atoms with Crippen molar-refractivity contribution in [1.82, 2.24) is 9.97 Å².